The molecule has 0 saturated heterocycles. The molecule has 0 aromatic heterocycles. The molecule has 1 aromatic carbocycles. The van der Waals surface area contributed by atoms with Gasteiger partial charge >= 0.3 is 6.41 Å². The number of rotatable bonds is 3. The summed E-state index contributed by atoms with van der Waals surface area (Å²) in [6.45, 7) is 0. The lowest BCUT2D eigenvalue weighted by atomic mass is 10.3. The number of nitrogens with zero attached hydrogens (tertiary/aromatic N) is 1. The Morgan fingerprint density at radius 1 is 1.36 bits per heavy atom. The summed E-state index contributed by atoms with van der Waals surface area (Å²) < 4.78 is 0. The number of hydrogen-bond donors (Lipinski definition) is 0. The van der Waals surface area contributed by atoms with Crippen molar-refractivity contribution in [3.63, 3.8) is 0 Å². The summed E-state index contributed by atoms with van der Waals surface area (Å²) in [4.78, 5) is 15.0. The van der Waals surface area contributed by atoms with Crippen molar-refractivity contribution in [3.05, 3.63) is 30.3 Å². The lowest BCUT2D eigenvalue weighted by Crippen LogP contribution is -2.19. The Kier molecular flexibility index (Phi) is 2.49. The third-order valence-corrected chi connectivity index (χ3v) is 1.11. The number of hydrogen-bond acceptors (Lipinski definition) is 2. The summed E-state index contributed by atoms with van der Waals surface area (Å²) in [6, 6.07) is 9.04. The normalized spacial score (nSPS) is 8.82. The average Bonchev–Trinajstić information content (AvgIpc) is 2.06. The fourth-order valence-corrected chi connectivity index (χ4v) is 0.658. The third-order valence-electron chi connectivity index (χ3n) is 1.11. The molecule has 3 nitrogen and oxygen atoms in total. The molecule has 0 aliphatic carbocycles. The molecule has 11 heavy (non-hydrogen) atoms. The summed E-state index contributed by atoms with van der Waals surface area (Å²) in [5.74, 6) is 0.623. The van der Waals surface area contributed by atoms with E-state index in [4.69, 9.17) is 4.84 Å². The van der Waals surface area contributed by atoms with Crippen LogP contribution in [0.2, 0.25) is 0 Å². The van der Waals surface area contributed by atoms with Crippen LogP contribution in [0.25, 0.3) is 0 Å². The van der Waals surface area contributed by atoms with Gasteiger partial charge < -0.3 is 4.84 Å². The molecule has 0 aliphatic heterocycles. The molecule has 1 aromatic rings. The first-order valence-corrected chi connectivity index (χ1v) is 3.17. The standard InChI is InChI=1S/C8H8NO2/c1-9(7-10)11-8-5-3-2-4-6-8/h2-6H,1H3. The number of hydroxylamine groups is 2. The smallest absolute Gasteiger partial charge is 0.347 e. The zero-order valence-electron chi connectivity index (χ0n) is 6.15. The molecule has 0 heterocycles. The Balaban J connectivity index is 2.57. The highest BCUT2D eigenvalue weighted by atomic mass is 16.7. The summed E-state index contributed by atoms with van der Waals surface area (Å²) in [5, 5.41) is 0.981. The van der Waals surface area contributed by atoms with Crippen LogP contribution in [0.3, 0.4) is 0 Å². The second kappa shape index (κ2) is 3.61. The molecule has 0 saturated carbocycles. The fourth-order valence-electron chi connectivity index (χ4n) is 0.658. The van der Waals surface area contributed by atoms with E-state index >= 15 is 0 Å². The zero-order valence-corrected chi connectivity index (χ0v) is 6.15. The van der Waals surface area contributed by atoms with Gasteiger partial charge in [-0.2, -0.15) is 5.06 Å². The van der Waals surface area contributed by atoms with E-state index < -0.39 is 0 Å². The first-order valence-electron chi connectivity index (χ1n) is 3.17. The third kappa shape index (κ3) is 2.29. The second-order valence-electron chi connectivity index (χ2n) is 1.99. The van der Waals surface area contributed by atoms with Crippen molar-refractivity contribution in [1.82, 2.24) is 5.06 Å². The summed E-state index contributed by atoms with van der Waals surface area (Å²) >= 11 is 0. The van der Waals surface area contributed by atoms with Gasteiger partial charge in [0.2, 0.25) is 0 Å². The Bertz CT molecular complexity index is 223. The van der Waals surface area contributed by atoms with Crippen molar-refractivity contribution >= 4 is 6.41 Å². The van der Waals surface area contributed by atoms with Crippen LogP contribution in [0, 0.1) is 0 Å². The van der Waals surface area contributed by atoms with E-state index in [-0.39, 0.29) is 0 Å². The number of benzene rings is 1. The molecule has 57 valence electrons. The largest absolute Gasteiger partial charge is 0.377 e. The van der Waals surface area contributed by atoms with Crippen molar-refractivity contribution in [2.24, 2.45) is 0 Å². The number of para-hydroxylation sites is 1. The summed E-state index contributed by atoms with van der Waals surface area (Å²) in [6.07, 6.45) is 1.57. The first-order chi connectivity index (χ1) is 5.33. The molecule has 0 spiro atoms. The van der Waals surface area contributed by atoms with Crippen LogP contribution in [0.15, 0.2) is 30.3 Å². The van der Waals surface area contributed by atoms with Gasteiger partial charge in [0.05, 0.1) is 0 Å². The highest BCUT2D eigenvalue weighted by molar-refractivity contribution is 5.46. The summed E-state index contributed by atoms with van der Waals surface area (Å²) in [7, 11) is 1.49. The second-order valence-corrected chi connectivity index (χ2v) is 1.99. The van der Waals surface area contributed by atoms with E-state index in [0.717, 1.165) is 5.06 Å². The molecule has 1 amide bonds. The Morgan fingerprint density at radius 2 is 2.00 bits per heavy atom. The zero-order chi connectivity index (χ0) is 8.10. The van der Waals surface area contributed by atoms with Crippen molar-refractivity contribution in [1.29, 1.82) is 0 Å². The monoisotopic (exact) mass is 150 g/mol. The molecular formula is C8H8NO2. The topological polar surface area (TPSA) is 29.5 Å². The minimum atomic E-state index is 0.623. The van der Waals surface area contributed by atoms with Crippen LogP contribution >= 0.6 is 0 Å². The van der Waals surface area contributed by atoms with E-state index in [1.54, 1.807) is 18.5 Å². The van der Waals surface area contributed by atoms with Gasteiger partial charge in [-0.25, -0.2) is 0 Å². The molecule has 0 bridgehead atoms. The van der Waals surface area contributed by atoms with Crippen LogP contribution < -0.4 is 4.84 Å². The minimum Gasteiger partial charge on any atom is -0.377 e. The number of carbonyl (C=O) groups excluding carboxylic acids is 1. The Morgan fingerprint density at radius 3 is 2.55 bits per heavy atom. The molecule has 1 rings (SSSR count). The molecule has 1 radical (unpaired) electrons. The van der Waals surface area contributed by atoms with Gasteiger partial charge in [0.25, 0.3) is 0 Å². The van der Waals surface area contributed by atoms with Crippen LogP contribution in [-0.4, -0.2) is 18.5 Å². The molecule has 0 fully saturated rings. The van der Waals surface area contributed by atoms with Crippen LogP contribution in [-0.2, 0) is 4.79 Å². The molecule has 0 atom stereocenters. The highest BCUT2D eigenvalue weighted by Crippen LogP contribution is 2.08. The fraction of sp³-hybridized carbons (Fsp3) is 0.125. The van der Waals surface area contributed by atoms with Crippen molar-refractivity contribution < 1.29 is 9.63 Å². The van der Waals surface area contributed by atoms with Gasteiger partial charge in [0.1, 0.15) is 0 Å². The van der Waals surface area contributed by atoms with Gasteiger partial charge in [0.15, 0.2) is 5.75 Å². The lowest BCUT2D eigenvalue weighted by Gasteiger charge is -2.09. The summed E-state index contributed by atoms with van der Waals surface area (Å²) in [5.41, 5.74) is 0. The number of amides is 1. The van der Waals surface area contributed by atoms with E-state index in [9.17, 15) is 4.79 Å². The Labute approximate surface area is 65.2 Å². The predicted molar refractivity (Wildman–Crippen MR) is 40.5 cm³/mol. The molecular weight excluding hydrogens is 142 g/mol. The van der Waals surface area contributed by atoms with Crippen LogP contribution in [0.4, 0.5) is 0 Å². The maximum Gasteiger partial charge on any atom is 0.347 e. The quantitative estimate of drug-likeness (QED) is 0.474. The molecule has 0 aliphatic rings. The van der Waals surface area contributed by atoms with Crippen molar-refractivity contribution in [2.75, 3.05) is 7.05 Å². The van der Waals surface area contributed by atoms with Crippen LogP contribution in [0.1, 0.15) is 0 Å². The van der Waals surface area contributed by atoms with E-state index in [1.807, 2.05) is 18.2 Å². The maximum atomic E-state index is 9.99. The van der Waals surface area contributed by atoms with Crippen molar-refractivity contribution in [2.45, 2.75) is 0 Å². The lowest BCUT2D eigenvalue weighted by molar-refractivity contribution is 0.0443. The molecule has 0 N–H and O–H groups in total. The first kappa shape index (κ1) is 7.60. The van der Waals surface area contributed by atoms with E-state index in [1.165, 1.54) is 7.05 Å². The van der Waals surface area contributed by atoms with Crippen LogP contribution in [0.5, 0.6) is 5.75 Å². The van der Waals surface area contributed by atoms with Gasteiger partial charge in [-0.15, -0.1) is 0 Å². The van der Waals surface area contributed by atoms with Gasteiger partial charge in [-0.3, -0.25) is 4.79 Å². The van der Waals surface area contributed by atoms with Gasteiger partial charge in [-0.1, -0.05) is 18.2 Å². The van der Waals surface area contributed by atoms with Gasteiger partial charge in [-0.05, 0) is 12.1 Å². The average molecular weight is 150 g/mol. The van der Waals surface area contributed by atoms with Gasteiger partial charge in [0, 0.05) is 7.05 Å². The van der Waals surface area contributed by atoms with E-state index in [0.29, 0.717) is 5.75 Å². The SMILES string of the molecule is CN([C]=O)Oc1ccccc1. The van der Waals surface area contributed by atoms with Crippen molar-refractivity contribution in [3.8, 4) is 5.75 Å². The molecule has 3 heteroatoms. The van der Waals surface area contributed by atoms with E-state index in [2.05, 4.69) is 0 Å². The molecule has 0 unspecified atom stereocenters. The predicted octanol–water partition coefficient (Wildman–Crippen LogP) is 0.979. The highest BCUT2D eigenvalue weighted by Gasteiger charge is 1.95. The minimum absolute atomic E-state index is 0.623. The maximum absolute atomic E-state index is 9.99. The Hall–Kier alpha value is -1.51.